The SMILES string of the molecule is Cc1cc(Br)cc([N+](=O)[O-])c1OC(CCN)C(=O)O. The van der Waals surface area contributed by atoms with Crippen LogP contribution < -0.4 is 10.5 Å². The van der Waals surface area contributed by atoms with Gasteiger partial charge in [0.05, 0.1) is 4.92 Å². The number of carbonyl (C=O) groups is 1. The molecular weight excluding hydrogens is 320 g/mol. The zero-order chi connectivity index (χ0) is 14.6. The Bertz CT molecular complexity index is 506. The van der Waals surface area contributed by atoms with Gasteiger partial charge in [-0.15, -0.1) is 0 Å². The maximum absolute atomic E-state index is 11.0. The third kappa shape index (κ3) is 3.90. The molecule has 0 aromatic heterocycles. The van der Waals surface area contributed by atoms with E-state index >= 15 is 0 Å². The number of aliphatic carboxylic acids is 1. The molecule has 0 saturated carbocycles. The highest BCUT2D eigenvalue weighted by molar-refractivity contribution is 9.10. The van der Waals surface area contributed by atoms with Gasteiger partial charge < -0.3 is 15.6 Å². The van der Waals surface area contributed by atoms with E-state index in [1.54, 1.807) is 13.0 Å². The van der Waals surface area contributed by atoms with Crippen LogP contribution in [-0.4, -0.2) is 28.6 Å². The fraction of sp³-hybridized carbons (Fsp3) is 0.364. The molecule has 8 heteroatoms. The average molecular weight is 333 g/mol. The van der Waals surface area contributed by atoms with E-state index in [1.807, 2.05) is 0 Å². The Morgan fingerprint density at radius 1 is 1.63 bits per heavy atom. The summed E-state index contributed by atoms with van der Waals surface area (Å²) in [6.07, 6.45) is -1.13. The molecule has 3 N–H and O–H groups in total. The molecule has 7 nitrogen and oxygen atoms in total. The van der Waals surface area contributed by atoms with Crippen molar-refractivity contribution < 1.29 is 19.6 Å². The van der Waals surface area contributed by atoms with Crippen molar-refractivity contribution in [3.8, 4) is 5.75 Å². The van der Waals surface area contributed by atoms with Gasteiger partial charge in [-0.3, -0.25) is 10.1 Å². The van der Waals surface area contributed by atoms with E-state index in [0.29, 0.717) is 10.0 Å². The second kappa shape index (κ2) is 6.48. The molecule has 1 aromatic carbocycles. The number of rotatable bonds is 6. The van der Waals surface area contributed by atoms with Gasteiger partial charge in [-0.1, -0.05) is 15.9 Å². The summed E-state index contributed by atoms with van der Waals surface area (Å²) in [6, 6.07) is 2.88. The molecule has 0 amide bonds. The Labute approximate surface area is 117 Å². The Morgan fingerprint density at radius 2 is 2.26 bits per heavy atom. The molecule has 1 unspecified atom stereocenters. The highest BCUT2D eigenvalue weighted by Crippen LogP contribution is 2.35. The molecule has 19 heavy (non-hydrogen) atoms. The van der Waals surface area contributed by atoms with Crippen molar-refractivity contribution in [2.24, 2.45) is 5.73 Å². The number of benzene rings is 1. The maximum Gasteiger partial charge on any atom is 0.344 e. The van der Waals surface area contributed by atoms with Gasteiger partial charge in [-0.25, -0.2) is 4.79 Å². The lowest BCUT2D eigenvalue weighted by Gasteiger charge is -2.16. The van der Waals surface area contributed by atoms with Gasteiger partial charge in [-0.2, -0.15) is 0 Å². The van der Waals surface area contributed by atoms with Crippen LogP contribution >= 0.6 is 15.9 Å². The minimum Gasteiger partial charge on any atom is -0.479 e. The number of nitro benzene ring substituents is 1. The number of hydrogen-bond donors (Lipinski definition) is 2. The quantitative estimate of drug-likeness (QED) is 0.606. The van der Waals surface area contributed by atoms with Crippen LogP contribution in [0.1, 0.15) is 12.0 Å². The van der Waals surface area contributed by atoms with Gasteiger partial charge in [0.25, 0.3) is 0 Å². The number of nitrogens with zero attached hydrogens (tertiary/aromatic N) is 1. The number of nitro groups is 1. The van der Waals surface area contributed by atoms with Crippen molar-refractivity contribution in [2.45, 2.75) is 19.4 Å². The lowest BCUT2D eigenvalue weighted by Crippen LogP contribution is -2.30. The van der Waals surface area contributed by atoms with Gasteiger partial charge in [0, 0.05) is 17.0 Å². The van der Waals surface area contributed by atoms with Crippen LogP contribution in [-0.2, 0) is 4.79 Å². The molecule has 0 bridgehead atoms. The van der Waals surface area contributed by atoms with Crippen LogP contribution in [0, 0.1) is 17.0 Å². The standard InChI is InChI=1S/C11H13BrN2O5/c1-6-4-7(12)5-8(14(17)18)10(6)19-9(2-3-13)11(15)16/h4-5,9H,2-3,13H2,1H3,(H,15,16). The fourth-order valence-corrected chi connectivity index (χ4v) is 2.09. The van der Waals surface area contributed by atoms with E-state index in [2.05, 4.69) is 15.9 Å². The molecule has 1 rings (SSSR count). The van der Waals surface area contributed by atoms with Crippen LogP contribution in [0.5, 0.6) is 5.75 Å². The van der Waals surface area contributed by atoms with Gasteiger partial charge >= 0.3 is 11.7 Å². The predicted molar refractivity (Wildman–Crippen MR) is 71.3 cm³/mol. The number of halogens is 1. The summed E-state index contributed by atoms with van der Waals surface area (Å²) in [5.74, 6) is -1.25. The molecule has 0 heterocycles. The van der Waals surface area contributed by atoms with Crippen LogP contribution in [0.2, 0.25) is 0 Å². The van der Waals surface area contributed by atoms with Crippen molar-refractivity contribution in [3.05, 3.63) is 32.3 Å². The molecule has 0 fully saturated rings. The lowest BCUT2D eigenvalue weighted by molar-refractivity contribution is -0.386. The van der Waals surface area contributed by atoms with Gasteiger partial charge in [-0.05, 0) is 25.1 Å². The van der Waals surface area contributed by atoms with Gasteiger partial charge in [0.1, 0.15) is 0 Å². The number of hydrogen-bond acceptors (Lipinski definition) is 5. The van der Waals surface area contributed by atoms with Crippen molar-refractivity contribution in [3.63, 3.8) is 0 Å². The summed E-state index contributed by atoms with van der Waals surface area (Å²) in [5, 5.41) is 19.9. The topological polar surface area (TPSA) is 116 Å². The maximum atomic E-state index is 11.0. The number of nitrogens with two attached hydrogens (primary N) is 1. The Kier molecular flexibility index (Phi) is 5.25. The molecule has 0 aliphatic carbocycles. The van der Waals surface area contributed by atoms with E-state index in [-0.39, 0.29) is 24.4 Å². The van der Waals surface area contributed by atoms with E-state index in [4.69, 9.17) is 15.6 Å². The first kappa shape index (κ1) is 15.4. The largest absolute Gasteiger partial charge is 0.479 e. The summed E-state index contributed by atoms with van der Waals surface area (Å²) >= 11 is 3.15. The Balaban J connectivity index is 3.18. The summed E-state index contributed by atoms with van der Waals surface area (Å²) in [7, 11) is 0. The smallest absolute Gasteiger partial charge is 0.344 e. The third-order valence-electron chi connectivity index (χ3n) is 2.38. The number of carboxylic acid groups (broad SMARTS) is 1. The fourth-order valence-electron chi connectivity index (χ4n) is 1.53. The highest BCUT2D eigenvalue weighted by Gasteiger charge is 2.25. The zero-order valence-corrected chi connectivity index (χ0v) is 11.7. The Morgan fingerprint density at radius 3 is 2.74 bits per heavy atom. The van der Waals surface area contributed by atoms with Crippen LogP contribution in [0.3, 0.4) is 0 Å². The van der Waals surface area contributed by atoms with Crippen LogP contribution in [0.15, 0.2) is 16.6 Å². The molecule has 104 valence electrons. The van der Waals surface area contributed by atoms with Crippen molar-refractivity contribution in [1.82, 2.24) is 0 Å². The van der Waals surface area contributed by atoms with E-state index in [9.17, 15) is 14.9 Å². The first-order valence-corrected chi connectivity index (χ1v) is 6.20. The van der Waals surface area contributed by atoms with Crippen LogP contribution in [0.25, 0.3) is 0 Å². The average Bonchev–Trinajstić information content (AvgIpc) is 2.30. The lowest BCUT2D eigenvalue weighted by atomic mass is 10.2. The first-order chi connectivity index (χ1) is 8.86. The minimum absolute atomic E-state index is 0.0472. The molecule has 0 aliphatic rings. The van der Waals surface area contributed by atoms with Crippen molar-refractivity contribution in [2.75, 3.05) is 6.54 Å². The summed E-state index contributed by atoms with van der Waals surface area (Å²) < 4.78 is 5.78. The monoisotopic (exact) mass is 332 g/mol. The van der Waals surface area contributed by atoms with Crippen LogP contribution in [0.4, 0.5) is 5.69 Å². The predicted octanol–water partition coefficient (Wildman–Crippen LogP) is 1.85. The number of carboxylic acids is 1. The number of ether oxygens (including phenoxy) is 1. The molecular formula is C11H13BrN2O5. The van der Waals surface area contributed by atoms with E-state index in [0.717, 1.165) is 0 Å². The zero-order valence-electron chi connectivity index (χ0n) is 10.1. The molecule has 0 spiro atoms. The molecule has 0 saturated heterocycles. The molecule has 1 atom stereocenters. The normalized spacial score (nSPS) is 11.9. The first-order valence-electron chi connectivity index (χ1n) is 5.41. The van der Waals surface area contributed by atoms with Crippen molar-refractivity contribution >= 4 is 27.6 Å². The molecule has 0 radical (unpaired) electrons. The van der Waals surface area contributed by atoms with Gasteiger partial charge in [0.15, 0.2) is 6.10 Å². The second-order valence-electron chi connectivity index (χ2n) is 3.85. The van der Waals surface area contributed by atoms with Gasteiger partial charge in [0.2, 0.25) is 5.75 Å². The summed E-state index contributed by atoms with van der Waals surface area (Å²) in [5.41, 5.74) is 5.49. The molecule has 1 aromatic rings. The second-order valence-corrected chi connectivity index (χ2v) is 4.77. The minimum atomic E-state index is -1.21. The Hall–Kier alpha value is -1.67. The molecule has 0 aliphatic heterocycles. The summed E-state index contributed by atoms with van der Waals surface area (Å²) in [6.45, 7) is 1.72. The number of aryl methyl sites for hydroxylation is 1. The highest BCUT2D eigenvalue weighted by atomic mass is 79.9. The summed E-state index contributed by atoms with van der Waals surface area (Å²) in [4.78, 5) is 21.3. The van der Waals surface area contributed by atoms with E-state index in [1.165, 1.54) is 6.07 Å². The third-order valence-corrected chi connectivity index (χ3v) is 2.84. The van der Waals surface area contributed by atoms with Crippen molar-refractivity contribution in [1.29, 1.82) is 0 Å². The van der Waals surface area contributed by atoms with E-state index < -0.39 is 17.0 Å².